The van der Waals surface area contributed by atoms with E-state index in [-0.39, 0.29) is 0 Å². The van der Waals surface area contributed by atoms with Crippen LogP contribution in [-0.2, 0) is 10.8 Å². The molecule has 0 atom stereocenters. The SMILES string of the molecule is CC(C)(C)c1cc(F)cc(OC(F)(F)F)c1C(C)(C)C. The van der Waals surface area contributed by atoms with E-state index in [0.717, 1.165) is 6.07 Å². The molecule has 0 radical (unpaired) electrons. The first-order valence-corrected chi connectivity index (χ1v) is 6.32. The Labute approximate surface area is 116 Å². The molecule has 0 aromatic heterocycles. The summed E-state index contributed by atoms with van der Waals surface area (Å²) >= 11 is 0. The third kappa shape index (κ3) is 4.12. The Morgan fingerprint density at radius 1 is 0.850 bits per heavy atom. The van der Waals surface area contributed by atoms with E-state index in [9.17, 15) is 17.6 Å². The first-order chi connectivity index (χ1) is 8.72. The summed E-state index contributed by atoms with van der Waals surface area (Å²) in [6, 6.07) is 2.08. The van der Waals surface area contributed by atoms with E-state index in [4.69, 9.17) is 0 Å². The molecule has 0 spiro atoms. The topological polar surface area (TPSA) is 9.23 Å². The normalized spacial score (nSPS) is 13.5. The predicted molar refractivity (Wildman–Crippen MR) is 70.5 cm³/mol. The van der Waals surface area contributed by atoms with Crippen molar-refractivity contribution in [2.75, 3.05) is 0 Å². The highest BCUT2D eigenvalue weighted by molar-refractivity contribution is 5.48. The summed E-state index contributed by atoms with van der Waals surface area (Å²) in [5, 5.41) is 0. The predicted octanol–water partition coefficient (Wildman–Crippen LogP) is 5.32. The lowest BCUT2D eigenvalue weighted by Gasteiger charge is -2.32. The zero-order valence-electron chi connectivity index (χ0n) is 12.6. The third-order valence-corrected chi connectivity index (χ3v) is 2.85. The van der Waals surface area contributed by atoms with E-state index >= 15 is 0 Å². The zero-order chi connectivity index (χ0) is 15.9. The molecule has 1 aromatic carbocycles. The van der Waals surface area contributed by atoms with Crippen LogP contribution in [0.1, 0.15) is 52.7 Å². The Morgan fingerprint density at radius 3 is 1.70 bits per heavy atom. The average Bonchev–Trinajstić information content (AvgIpc) is 2.09. The molecule has 20 heavy (non-hydrogen) atoms. The van der Waals surface area contributed by atoms with Gasteiger partial charge in [-0.2, -0.15) is 0 Å². The molecule has 1 rings (SSSR count). The van der Waals surface area contributed by atoms with Gasteiger partial charge in [-0.1, -0.05) is 41.5 Å². The fourth-order valence-electron chi connectivity index (χ4n) is 2.15. The molecule has 0 saturated heterocycles. The standard InChI is InChI=1S/C15H20F4O/c1-13(2,3)10-7-9(16)8-11(20-15(17,18)19)12(10)14(4,5)6/h7-8H,1-6H3. The first-order valence-electron chi connectivity index (χ1n) is 6.32. The molecule has 0 saturated carbocycles. The maximum absolute atomic E-state index is 13.7. The van der Waals surface area contributed by atoms with Gasteiger partial charge in [0.25, 0.3) is 0 Å². The van der Waals surface area contributed by atoms with Gasteiger partial charge in [0.05, 0.1) is 0 Å². The van der Waals surface area contributed by atoms with Gasteiger partial charge in [-0.3, -0.25) is 0 Å². The van der Waals surface area contributed by atoms with Crippen molar-refractivity contribution in [2.24, 2.45) is 0 Å². The summed E-state index contributed by atoms with van der Waals surface area (Å²) in [5.41, 5.74) is -0.196. The monoisotopic (exact) mass is 292 g/mol. The van der Waals surface area contributed by atoms with Gasteiger partial charge in [0.15, 0.2) is 0 Å². The number of hydrogen-bond acceptors (Lipinski definition) is 1. The van der Waals surface area contributed by atoms with Crippen LogP contribution in [0, 0.1) is 5.82 Å². The van der Waals surface area contributed by atoms with E-state index in [2.05, 4.69) is 4.74 Å². The molecule has 0 N–H and O–H groups in total. The highest BCUT2D eigenvalue weighted by Crippen LogP contribution is 2.42. The summed E-state index contributed by atoms with van der Waals surface area (Å²) in [4.78, 5) is 0. The van der Waals surface area contributed by atoms with Crippen LogP contribution in [0.15, 0.2) is 12.1 Å². The molecular weight excluding hydrogens is 272 g/mol. The summed E-state index contributed by atoms with van der Waals surface area (Å²) in [7, 11) is 0. The van der Waals surface area contributed by atoms with E-state index in [1.54, 1.807) is 20.8 Å². The van der Waals surface area contributed by atoms with Crippen molar-refractivity contribution in [2.45, 2.75) is 58.7 Å². The van der Waals surface area contributed by atoms with Gasteiger partial charge in [-0.25, -0.2) is 4.39 Å². The molecule has 0 aliphatic rings. The van der Waals surface area contributed by atoms with Crippen molar-refractivity contribution in [3.05, 3.63) is 29.1 Å². The van der Waals surface area contributed by atoms with E-state index in [1.807, 2.05) is 20.8 Å². The number of benzene rings is 1. The molecular formula is C15H20F4O. The van der Waals surface area contributed by atoms with Crippen molar-refractivity contribution in [1.29, 1.82) is 0 Å². The van der Waals surface area contributed by atoms with Crippen LogP contribution >= 0.6 is 0 Å². The Kier molecular flexibility index (Phi) is 4.14. The highest BCUT2D eigenvalue weighted by Gasteiger charge is 2.36. The van der Waals surface area contributed by atoms with Crippen molar-refractivity contribution in [3.8, 4) is 5.75 Å². The summed E-state index contributed by atoms with van der Waals surface area (Å²) < 4.78 is 55.3. The van der Waals surface area contributed by atoms with Crippen molar-refractivity contribution >= 4 is 0 Å². The van der Waals surface area contributed by atoms with Crippen LogP contribution in [0.25, 0.3) is 0 Å². The Morgan fingerprint density at radius 2 is 1.35 bits per heavy atom. The van der Waals surface area contributed by atoms with Crippen LogP contribution in [0.5, 0.6) is 5.75 Å². The minimum Gasteiger partial charge on any atom is -0.405 e. The second-order valence-corrected chi connectivity index (χ2v) is 6.87. The van der Waals surface area contributed by atoms with Crippen LogP contribution in [0.3, 0.4) is 0 Å². The maximum atomic E-state index is 13.7. The molecule has 1 nitrogen and oxygen atoms in total. The molecule has 0 aliphatic carbocycles. The van der Waals surface area contributed by atoms with Gasteiger partial charge < -0.3 is 4.74 Å². The minimum atomic E-state index is -4.84. The fraction of sp³-hybridized carbons (Fsp3) is 0.600. The number of rotatable bonds is 1. The third-order valence-electron chi connectivity index (χ3n) is 2.85. The van der Waals surface area contributed by atoms with Gasteiger partial charge >= 0.3 is 6.36 Å². The second kappa shape index (κ2) is 4.93. The molecule has 1 aromatic rings. The van der Waals surface area contributed by atoms with E-state index in [1.165, 1.54) is 6.07 Å². The summed E-state index contributed by atoms with van der Waals surface area (Å²) in [6.45, 7) is 10.8. The number of alkyl halides is 3. The minimum absolute atomic E-state index is 0.378. The van der Waals surface area contributed by atoms with Crippen LogP contribution < -0.4 is 4.74 Å². The Bertz CT molecular complexity index is 490. The summed E-state index contributed by atoms with van der Waals surface area (Å²) in [6.07, 6.45) is -4.84. The average molecular weight is 292 g/mol. The lowest BCUT2D eigenvalue weighted by Crippen LogP contribution is -2.26. The molecule has 114 valence electrons. The largest absolute Gasteiger partial charge is 0.573 e. The number of ether oxygens (including phenoxy) is 1. The lowest BCUT2D eigenvalue weighted by molar-refractivity contribution is -0.275. The smallest absolute Gasteiger partial charge is 0.405 e. The van der Waals surface area contributed by atoms with E-state index < -0.39 is 28.8 Å². The number of hydrogen-bond donors (Lipinski definition) is 0. The molecule has 0 amide bonds. The maximum Gasteiger partial charge on any atom is 0.573 e. The molecule has 0 fully saturated rings. The molecule has 5 heteroatoms. The molecule has 0 aliphatic heterocycles. The van der Waals surface area contributed by atoms with Gasteiger partial charge in [0.2, 0.25) is 0 Å². The molecule has 0 bridgehead atoms. The zero-order valence-corrected chi connectivity index (χ0v) is 12.6. The van der Waals surface area contributed by atoms with Crippen LogP contribution in [0.4, 0.5) is 17.6 Å². The fourth-order valence-corrected chi connectivity index (χ4v) is 2.15. The molecule has 0 heterocycles. The van der Waals surface area contributed by atoms with Crippen molar-refractivity contribution in [3.63, 3.8) is 0 Å². The quantitative estimate of drug-likeness (QED) is 0.637. The van der Waals surface area contributed by atoms with Gasteiger partial charge in [0.1, 0.15) is 11.6 Å². The van der Waals surface area contributed by atoms with Gasteiger partial charge in [0, 0.05) is 11.6 Å². The highest BCUT2D eigenvalue weighted by atomic mass is 19.4. The van der Waals surface area contributed by atoms with Crippen molar-refractivity contribution in [1.82, 2.24) is 0 Å². The second-order valence-electron chi connectivity index (χ2n) is 6.87. The summed E-state index contributed by atoms with van der Waals surface area (Å²) in [5.74, 6) is -1.20. The van der Waals surface area contributed by atoms with Crippen LogP contribution in [0.2, 0.25) is 0 Å². The van der Waals surface area contributed by atoms with E-state index in [0.29, 0.717) is 11.1 Å². The first kappa shape index (κ1) is 16.8. The number of halogens is 4. The van der Waals surface area contributed by atoms with Gasteiger partial charge in [-0.05, 0) is 22.5 Å². The molecule has 0 unspecified atom stereocenters. The van der Waals surface area contributed by atoms with Crippen molar-refractivity contribution < 1.29 is 22.3 Å². The Balaban J connectivity index is 3.62. The van der Waals surface area contributed by atoms with Gasteiger partial charge in [-0.15, -0.1) is 13.2 Å². The van der Waals surface area contributed by atoms with Crippen LogP contribution in [-0.4, -0.2) is 6.36 Å². The Hall–Kier alpha value is -1.26. The lowest BCUT2D eigenvalue weighted by atomic mass is 9.74.